The van der Waals surface area contributed by atoms with Crippen molar-refractivity contribution in [2.24, 2.45) is 16.8 Å². The number of nitrogens with zero attached hydrogens (tertiary/aromatic N) is 1. The third-order valence-electron chi connectivity index (χ3n) is 2.54. The van der Waals surface area contributed by atoms with Gasteiger partial charge in [0.2, 0.25) is 5.96 Å². The Morgan fingerprint density at radius 2 is 2.07 bits per heavy atom. The standard InChI is InChI=1S/C10H22N4/c1-8(2)13-10(14-11)12-7-9-5-3-4-6-9/h8-9H,3-7,11H2,1-2H3,(H2,12,13,14). The van der Waals surface area contributed by atoms with E-state index in [0.717, 1.165) is 12.5 Å². The molecule has 4 heteroatoms. The highest BCUT2D eigenvalue weighted by Gasteiger charge is 2.14. The Morgan fingerprint density at radius 1 is 1.43 bits per heavy atom. The molecule has 1 aliphatic carbocycles. The highest BCUT2D eigenvalue weighted by molar-refractivity contribution is 5.79. The topological polar surface area (TPSA) is 62.4 Å². The first-order chi connectivity index (χ1) is 6.72. The molecule has 0 aromatic carbocycles. The second kappa shape index (κ2) is 5.86. The molecule has 0 aromatic heterocycles. The lowest BCUT2D eigenvalue weighted by atomic mass is 10.1. The van der Waals surface area contributed by atoms with E-state index in [4.69, 9.17) is 5.84 Å². The zero-order valence-corrected chi connectivity index (χ0v) is 9.21. The van der Waals surface area contributed by atoms with Crippen LogP contribution in [0.2, 0.25) is 0 Å². The lowest BCUT2D eigenvalue weighted by Gasteiger charge is -2.13. The molecular weight excluding hydrogens is 176 g/mol. The maximum Gasteiger partial charge on any atom is 0.205 e. The van der Waals surface area contributed by atoms with Gasteiger partial charge in [-0.3, -0.25) is 10.4 Å². The molecule has 0 aliphatic heterocycles. The van der Waals surface area contributed by atoms with Gasteiger partial charge in [0.1, 0.15) is 0 Å². The summed E-state index contributed by atoms with van der Waals surface area (Å²) < 4.78 is 0. The minimum Gasteiger partial charge on any atom is -0.353 e. The van der Waals surface area contributed by atoms with Crippen molar-refractivity contribution >= 4 is 5.96 Å². The van der Waals surface area contributed by atoms with Crippen LogP contribution in [0.15, 0.2) is 4.99 Å². The summed E-state index contributed by atoms with van der Waals surface area (Å²) in [5.41, 5.74) is 2.60. The SMILES string of the molecule is CC(C)NC(=NCC1CCCC1)NN. The fourth-order valence-corrected chi connectivity index (χ4v) is 1.82. The monoisotopic (exact) mass is 198 g/mol. The summed E-state index contributed by atoms with van der Waals surface area (Å²) in [5, 5.41) is 3.17. The van der Waals surface area contributed by atoms with Gasteiger partial charge in [0, 0.05) is 12.6 Å². The van der Waals surface area contributed by atoms with Crippen molar-refractivity contribution in [1.82, 2.24) is 10.7 Å². The molecule has 1 saturated carbocycles. The van der Waals surface area contributed by atoms with Gasteiger partial charge >= 0.3 is 0 Å². The minimum atomic E-state index is 0.369. The van der Waals surface area contributed by atoms with E-state index in [2.05, 4.69) is 29.6 Å². The van der Waals surface area contributed by atoms with E-state index in [-0.39, 0.29) is 0 Å². The average Bonchev–Trinajstić information content (AvgIpc) is 2.64. The van der Waals surface area contributed by atoms with Crippen molar-refractivity contribution < 1.29 is 0 Å². The number of aliphatic imine (C=N–C) groups is 1. The molecule has 1 aliphatic rings. The quantitative estimate of drug-likeness (QED) is 0.274. The van der Waals surface area contributed by atoms with Crippen LogP contribution in [0.4, 0.5) is 0 Å². The molecule has 82 valence electrons. The predicted octanol–water partition coefficient (Wildman–Crippen LogP) is 0.994. The van der Waals surface area contributed by atoms with Gasteiger partial charge in [0.15, 0.2) is 0 Å². The van der Waals surface area contributed by atoms with E-state index in [9.17, 15) is 0 Å². The first kappa shape index (κ1) is 11.3. The van der Waals surface area contributed by atoms with Crippen LogP contribution < -0.4 is 16.6 Å². The Balaban J connectivity index is 2.30. The first-order valence-electron chi connectivity index (χ1n) is 5.50. The van der Waals surface area contributed by atoms with Crippen molar-refractivity contribution in [2.45, 2.75) is 45.6 Å². The molecule has 0 amide bonds. The minimum absolute atomic E-state index is 0.369. The van der Waals surface area contributed by atoms with Gasteiger partial charge < -0.3 is 5.32 Å². The Bertz CT molecular complexity index is 183. The van der Waals surface area contributed by atoms with Gasteiger partial charge in [-0.15, -0.1) is 0 Å². The van der Waals surface area contributed by atoms with Crippen LogP contribution >= 0.6 is 0 Å². The Kier molecular flexibility index (Phi) is 4.73. The van der Waals surface area contributed by atoms with Crippen LogP contribution in [0.3, 0.4) is 0 Å². The average molecular weight is 198 g/mol. The van der Waals surface area contributed by atoms with Crippen LogP contribution in [0.1, 0.15) is 39.5 Å². The summed E-state index contributed by atoms with van der Waals surface area (Å²) in [6.07, 6.45) is 5.37. The van der Waals surface area contributed by atoms with Crippen LogP contribution in [0, 0.1) is 5.92 Å². The fraction of sp³-hybridized carbons (Fsp3) is 0.900. The number of nitrogens with two attached hydrogens (primary N) is 1. The molecule has 1 fully saturated rings. The van der Waals surface area contributed by atoms with Crippen LogP contribution in [0.25, 0.3) is 0 Å². The molecule has 0 aromatic rings. The van der Waals surface area contributed by atoms with Crippen LogP contribution in [-0.2, 0) is 0 Å². The Labute approximate surface area is 86.3 Å². The summed E-state index contributed by atoms with van der Waals surface area (Å²) in [5.74, 6) is 6.85. The van der Waals surface area contributed by atoms with E-state index in [0.29, 0.717) is 12.0 Å². The highest BCUT2D eigenvalue weighted by atomic mass is 15.3. The van der Waals surface area contributed by atoms with Crippen LogP contribution in [-0.4, -0.2) is 18.5 Å². The normalized spacial score (nSPS) is 19.0. The van der Waals surface area contributed by atoms with E-state index in [1.54, 1.807) is 0 Å². The maximum absolute atomic E-state index is 5.36. The summed E-state index contributed by atoms with van der Waals surface area (Å²) in [6.45, 7) is 5.05. The Hall–Kier alpha value is -0.770. The molecule has 4 nitrogen and oxygen atoms in total. The summed E-state index contributed by atoms with van der Waals surface area (Å²) >= 11 is 0. The van der Waals surface area contributed by atoms with E-state index in [1.807, 2.05) is 0 Å². The molecule has 0 radical (unpaired) electrons. The number of guanidine groups is 1. The molecule has 0 spiro atoms. The van der Waals surface area contributed by atoms with Crippen molar-refractivity contribution in [1.29, 1.82) is 0 Å². The third kappa shape index (κ3) is 3.96. The van der Waals surface area contributed by atoms with Gasteiger partial charge in [-0.2, -0.15) is 0 Å². The molecule has 4 N–H and O–H groups in total. The molecule has 0 bridgehead atoms. The third-order valence-corrected chi connectivity index (χ3v) is 2.54. The smallest absolute Gasteiger partial charge is 0.205 e. The molecule has 0 unspecified atom stereocenters. The predicted molar refractivity (Wildman–Crippen MR) is 59.9 cm³/mol. The highest BCUT2D eigenvalue weighted by Crippen LogP contribution is 2.24. The van der Waals surface area contributed by atoms with Gasteiger partial charge in [-0.05, 0) is 32.6 Å². The lowest BCUT2D eigenvalue weighted by Crippen LogP contribution is -2.44. The van der Waals surface area contributed by atoms with Gasteiger partial charge in [0.25, 0.3) is 0 Å². The van der Waals surface area contributed by atoms with E-state index in [1.165, 1.54) is 25.7 Å². The molecule has 0 heterocycles. The molecular formula is C10H22N4. The zero-order chi connectivity index (χ0) is 10.4. The van der Waals surface area contributed by atoms with Crippen molar-refractivity contribution in [3.63, 3.8) is 0 Å². The van der Waals surface area contributed by atoms with E-state index < -0.39 is 0 Å². The molecule has 0 saturated heterocycles. The largest absolute Gasteiger partial charge is 0.353 e. The van der Waals surface area contributed by atoms with Gasteiger partial charge in [0.05, 0.1) is 0 Å². The molecule has 0 atom stereocenters. The fourth-order valence-electron chi connectivity index (χ4n) is 1.82. The van der Waals surface area contributed by atoms with Crippen molar-refractivity contribution in [3.8, 4) is 0 Å². The summed E-state index contributed by atoms with van der Waals surface area (Å²) in [4.78, 5) is 4.43. The number of hydrogen-bond acceptors (Lipinski definition) is 2. The van der Waals surface area contributed by atoms with Gasteiger partial charge in [-0.25, -0.2) is 5.84 Å². The molecule has 14 heavy (non-hydrogen) atoms. The summed E-state index contributed by atoms with van der Waals surface area (Å²) in [7, 11) is 0. The van der Waals surface area contributed by atoms with Crippen molar-refractivity contribution in [2.75, 3.05) is 6.54 Å². The number of hydrazine groups is 1. The lowest BCUT2D eigenvalue weighted by molar-refractivity contribution is 0.558. The first-order valence-corrected chi connectivity index (χ1v) is 5.50. The maximum atomic E-state index is 5.36. The van der Waals surface area contributed by atoms with Gasteiger partial charge in [-0.1, -0.05) is 12.8 Å². The van der Waals surface area contributed by atoms with E-state index >= 15 is 0 Å². The zero-order valence-electron chi connectivity index (χ0n) is 9.21. The van der Waals surface area contributed by atoms with Crippen LogP contribution in [0.5, 0.6) is 0 Å². The number of nitrogens with one attached hydrogen (secondary N) is 2. The summed E-state index contributed by atoms with van der Waals surface area (Å²) in [6, 6.07) is 0.369. The number of hydrogen-bond donors (Lipinski definition) is 3. The second-order valence-electron chi connectivity index (χ2n) is 4.28. The van der Waals surface area contributed by atoms with Crippen molar-refractivity contribution in [3.05, 3.63) is 0 Å². The number of rotatable bonds is 3. The molecule has 1 rings (SSSR count). The Morgan fingerprint density at radius 3 is 2.57 bits per heavy atom. The second-order valence-corrected chi connectivity index (χ2v) is 4.28.